The van der Waals surface area contributed by atoms with Gasteiger partial charge in [0, 0.05) is 33.3 Å². The maximum Gasteiger partial charge on any atom is 0.0726 e. The highest BCUT2D eigenvalue weighted by molar-refractivity contribution is 6.16. The molecule has 0 saturated carbocycles. The Labute approximate surface area is 441 Å². The second-order valence-corrected chi connectivity index (χ2v) is 20.9. The van der Waals surface area contributed by atoms with Crippen molar-refractivity contribution in [2.45, 2.75) is 10.8 Å². The Hall–Kier alpha value is -9.76. The van der Waals surface area contributed by atoms with Crippen LogP contribution in [0.3, 0.4) is 0 Å². The van der Waals surface area contributed by atoms with Crippen LogP contribution >= 0.6 is 0 Å². The zero-order valence-corrected chi connectivity index (χ0v) is 41.5. The van der Waals surface area contributed by atoms with Crippen LogP contribution in [-0.4, -0.2) is 4.57 Å². The third-order valence-electron chi connectivity index (χ3n) is 17.6. The summed E-state index contributed by atoms with van der Waals surface area (Å²) in [6.45, 7) is 0. The van der Waals surface area contributed by atoms with Crippen LogP contribution in [0.25, 0.3) is 83.1 Å². The quantitative estimate of drug-likeness (QED) is 0.167. The minimum Gasteiger partial charge on any atom is -0.309 e. The molecule has 76 heavy (non-hydrogen) atoms. The Morgan fingerprint density at radius 1 is 0.263 bits per heavy atom. The summed E-state index contributed by atoms with van der Waals surface area (Å²) in [7, 11) is 0. The van der Waals surface area contributed by atoms with E-state index < -0.39 is 10.8 Å². The molecular weight excluding hydrogens is 917 g/mol. The fraction of sp³-hybridized carbons (Fsp3) is 0.0270. The van der Waals surface area contributed by atoms with Crippen molar-refractivity contribution in [2.75, 3.05) is 4.90 Å². The molecule has 2 nitrogen and oxygen atoms in total. The third-order valence-corrected chi connectivity index (χ3v) is 17.6. The van der Waals surface area contributed by atoms with Crippen molar-refractivity contribution in [1.82, 2.24) is 4.57 Å². The predicted molar refractivity (Wildman–Crippen MR) is 313 cm³/mol. The highest BCUT2D eigenvalue weighted by Gasteiger charge is 2.54. The minimum absolute atomic E-state index is 0.491. The second-order valence-electron chi connectivity index (χ2n) is 20.9. The highest BCUT2D eigenvalue weighted by Crippen LogP contribution is 2.67. The number of nitrogens with zero attached hydrogens (tertiary/aromatic N) is 2. The number of fused-ring (bicyclic) bond motifs is 23. The first-order valence-corrected chi connectivity index (χ1v) is 26.6. The standard InChI is InChI=1S/C74H46N2/c1-2-21-48(22-3-1)75-66-39-17-10-29-57(66)70-50(30-18-40-67(70)75)47-43-45-49(46-44-47)76(68-41-19-37-64-71(68)55-27-8-15-35-62(55)73(64)58-31-11-4-23-51(58)52-24-5-12-32-59(52)73)69-42-20-38-65-72(69)56-28-9-16-36-63(56)74(65)60-33-13-6-25-53(60)54-26-7-14-34-61(54)74/h1-46H. The smallest absolute Gasteiger partial charge is 0.0726 e. The molecule has 13 aromatic rings. The molecule has 17 rings (SSSR count). The summed E-state index contributed by atoms with van der Waals surface area (Å²) in [5.41, 5.74) is 29.3. The lowest BCUT2D eigenvalue weighted by molar-refractivity contribution is 0.793. The largest absolute Gasteiger partial charge is 0.309 e. The second kappa shape index (κ2) is 15.4. The van der Waals surface area contributed by atoms with Crippen molar-refractivity contribution in [3.63, 3.8) is 0 Å². The van der Waals surface area contributed by atoms with Crippen molar-refractivity contribution in [1.29, 1.82) is 0 Å². The molecule has 4 aliphatic rings. The Bertz CT molecular complexity index is 4310. The van der Waals surface area contributed by atoms with Gasteiger partial charge >= 0.3 is 0 Å². The van der Waals surface area contributed by atoms with Crippen molar-refractivity contribution in [3.05, 3.63) is 324 Å². The molecule has 0 aliphatic heterocycles. The summed E-state index contributed by atoms with van der Waals surface area (Å²) in [6, 6.07) is 105. The Morgan fingerprint density at radius 2 is 0.632 bits per heavy atom. The average Bonchev–Trinajstić information content (AvgIpc) is 4.44. The summed E-state index contributed by atoms with van der Waals surface area (Å²) in [6.07, 6.45) is 0. The lowest BCUT2D eigenvalue weighted by atomic mass is 9.70. The van der Waals surface area contributed by atoms with E-state index in [1.54, 1.807) is 0 Å². The van der Waals surface area contributed by atoms with Gasteiger partial charge in [-0.05, 0) is 138 Å². The van der Waals surface area contributed by atoms with Gasteiger partial charge < -0.3 is 9.47 Å². The van der Waals surface area contributed by atoms with E-state index in [1.165, 1.54) is 122 Å². The summed E-state index contributed by atoms with van der Waals surface area (Å²) >= 11 is 0. The van der Waals surface area contributed by atoms with E-state index in [0.29, 0.717) is 0 Å². The number of aromatic nitrogens is 1. The lowest BCUT2D eigenvalue weighted by Crippen LogP contribution is -2.26. The Balaban J connectivity index is 0.943. The number of benzene rings is 12. The number of rotatable bonds is 5. The molecule has 0 atom stereocenters. The zero-order chi connectivity index (χ0) is 49.7. The summed E-state index contributed by atoms with van der Waals surface area (Å²) in [5.74, 6) is 0. The van der Waals surface area contributed by atoms with E-state index in [2.05, 4.69) is 289 Å². The van der Waals surface area contributed by atoms with E-state index >= 15 is 0 Å². The summed E-state index contributed by atoms with van der Waals surface area (Å²) in [4.78, 5) is 2.61. The van der Waals surface area contributed by atoms with Gasteiger partial charge in [-0.15, -0.1) is 0 Å². The van der Waals surface area contributed by atoms with Crippen LogP contribution in [0, 0.1) is 0 Å². The van der Waals surface area contributed by atoms with Crippen molar-refractivity contribution >= 4 is 38.9 Å². The fourth-order valence-electron chi connectivity index (χ4n) is 14.9. The van der Waals surface area contributed by atoms with E-state index in [1.807, 2.05) is 0 Å². The van der Waals surface area contributed by atoms with E-state index in [9.17, 15) is 0 Å². The molecule has 2 heteroatoms. The molecule has 1 heterocycles. The molecule has 0 unspecified atom stereocenters. The SMILES string of the molecule is c1ccc(-n2c3ccccc3c3c(-c4ccc(N(c5cccc6c5-c5ccccc5C65c6ccccc6-c6ccccc65)c5cccc6c5-c5ccccc5C65c6ccccc6-c6ccccc65)cc4)cccc32)cc1. The fourth-order valence-corrected chi connectivity index (χ4v) is 14.9. The third kappa shape index (κ3) is 5.16. The van der Waals surface area contributed by atoms with E-state index in [-0.39, 0.29) is 0 Å². The van der Waals surface area contributed by atoms with Crippen LogP contribution in [0.2, 0.25) is 0 Å². The first-order valence-electron chi connectivity index (χ1n) is 26.6. The predicted octanol–water partition coefficient (Wildman–Crippen LogP) is 18.6. The summed E-state index contributed by atoms with van der Waals surface area (Å²) < 4.78 is 2.41. The maximum atomic E-state index is 2.61. The first kappa shape index (κ1) is 41.7. The molecule has 0 radical (unpaired) electrons. The van der Waals surface area contributed by atoms with Gasteiger partial charge in [0.25, 0.3) is 0 Å². The molecule has 0 fully saturated rings. The van der Waals surface area contributed by atoms with Gasteiger partial charge in [0.05, 0.1) is 33.2 Å². The van der Waals surface area contributed by atoms with Crippen molar-refractivity contribution in [3.8, 4) is 61.3 Å². The van der Waals surface area contributed by atoms with Crippen molar-refractivity contribution in [2.24, 2.45) is 0 Å². The number of hydrogen-bond donors (Lipinski definition) is 0. The molecule has 0 saturated heterocycles. The van der Waals surface area contributed by atoms with Gasteiger partial charge in [-0.3, -0.25) is 0 Å². The van der Waals surface area contributed by atoms with Gasteiger partial charge in [0.1, 0.15) is 0 Å². The van der Waals surface area contributed by atoms with Crippen molar-refractivity contribution < 1.29 is 0 Å². The van der Waals surface area contributed by atoms with Gasteiger partial charge in [-0.25, -0.2) is 0 Å². The van der Waals surface area contributed by atoms with Crippen LogP contribution in [0.1, 0.15) is 44.5 Å². The van der Waals surface area contributed by atoms with Crippen LogP contribution in [0.5, 0.6) is 0 Å². The highest BCUT2D eigenvalue weighted by atomic mass is 15.1. The van der Waals surface area contributed by atoms with E-state index in [4.69, 9.17) is 0 Å². The molecular formula is C74H46N2. The van der Waals surface area contributed by atoms with Gasteiger partial charge in [0.15, 0.2) is 0 Å². The van der Waals surface area contributed by atoms with E-state index in [0.717, 1.165) is 22.7 Å². The van der Waals surface area contributed by atoms with Gasteiger partial charge in [-0.1, -0.05) is 231 Å². The topological polar surface area (TPSA) is 8.17 Å². The molecule has 352 valence electrons. The monoisotopic (exact) mass is 962 g/mol. The normalized spacial score (nSPS) is 14.0. The molecule has 0 amide bonds. The average molecular weight is 963 g/mol. The molecule has 1 aromatic heterocycles. The van der Waals surface area contributed by atoms with Crippen LogP contribution in [0.4, 0.5) is 17.1 Å². The molecule has 4 aliphatic carbocycles. The van der Waals surface area contributed by atoms with Gasteiger partial charge in [-0.2, -0.15) is 0 Å². The summed E-state index contributed by atoms with van der Waals surface area (Å²) in [5, 5.41) is 2.50. The minimum atomic E-state index is -0.491. The first-order chi connectivity index (χ1) is 37.8. The maximum absolute atomic E-state index is 2.61. The molecule has 12 aromatic carbocycles. The Morgan fingerprint density at radius 3 is 1.13 bits per heavy atom. The van der Waals surface area contributed by atoms with Crippen LogP contribution in [-0.2, 0) is 10.8 Å². The Kier molecular flexibility index (Phi) is 8.44. The van der Waals surface area contributed by atoms with Gasteiger partial charge in [0.2, 0.25) is 0 Å². The van der Waals surface area contributed by atoms with Crippen LogP contribution in [0.15, 0.2) is 279 Å². The number of anilines is 3. The van der Waals surface area contributed by atoms with Crippen LogP contribution < -0.4 is 4.90 Å². The lowest BCUT2D eigenvalue weighted by Gasteiger charge is -2.33. The molecule has 0 bridgehead atoms. The number of hydrogen-bond acceptors (Lipinski definition) is 1. The number of para-hydroxylation sites is 2. The zero-order valence-electron chi connectivity index (χ0n) is 41.5. The molecule has 0 N–H and O–H groups in total. The molecule has 2 spiro atoms.